The van der Waals surface area contributed by atoms with Crippen LogP contribution in [0.15, 0.2) is 65.6 Å². The lowest BCUT2D eigenvalue weighted by atomic mass is 9.96. The van der Waals surface area contributed by atoms with Crippen LogP contribution in [0.5, 0.6) is 0 Å². The van der Waals surface area contributed by atoms with Crippen molar-refractivity contribution in [2.45, 2.75) is 17.7 Å². The molecule has 0 atom stereocenters. The van der Waals surface area contributed by atoms with E-state index in [2.05, 4.69) is 5.32 Å². The molecule has 29 heavy (non-hydrogen) atoms. The van der Waals surface area contributed by atoms with Gasteiger partial charge in [-0.25, -0.2) is 8.42 Å². The van der Waals surface area contributed by atoms with E-state index in [9.17, 15) is 18.0 Å². The lowest BCUT2D eigenvalue weighted by Gasteiger charge is -2.32. The first-order chi connectivity index (χ1) is 13.9. The van der Waals surface area contributed by atoms with Gasteiger partial charge in [-0.15, -0.1) is 0 Å². The van der Waals surface area contributed by atoms with Gasteiger partial charge in [0.15, 0.2) is 0 Å². The molecule has 3 rings (SSSR count). The number of nitrogens with zero attached hydrogens (tertiary/aromatic N) is 2. The molecule has 0 aliphatic carbocycles. The highest BCUT2D eigenvalue weighted by molar-refractivity contribution is 7.89. The summed E-state index contributed by atoms with van der Waals surface area (Å²) in [4.78, 5) is 26.5. The van der Waals surface area contributed by atoms with E-state index < -0.39 is 10.0 Å². The van der Waals surface area contributed by atoms with Gasteiger partial charge in [0.25, 0.3) is 0 Å². The number of para-hydroxylation sites is 1. The van der Waals surface area contributed by atoms with Crippen molar-refractivity contribution >= 4 is 27.5 Å². The van der Waals surface area contributed by atoms with Gasteiger partial charge in [0.1, 0.15) is 0 Å². The van der Waals surface area contributed by atoms with Crippen molar-refractivity contribution in [1.29, 1.82) is 0 Å². The fourth-order valence-corrected chi connectivity index (χ4v) is 4.90. The Morgan fingerprint density at radius 1 is 1.00 bits per heavy atom. The Morgan fingerprint density at radius 3 is 2.14 bits per heavy atom. The first-order valence-electron chi connectivity index (χ1n) is 9.53. The van der Waals surface area contributed by atoms with Gasteiger partial charge in [-0.2, -0.15) is 4.31 Å². The maximum Gasteiger partial charge on any atom is 0.243 e. The fraction of sp³-hybridized carbons (Fsp3) is 0.333. The molecule has 2 aromatic rings. The van der Waals surface area contributed by atoms with E-state index >= 15 is 0 Å². The molecule has 7 nitrogen and oxygen atoms in total. The first-order valence-corrected chi connectivity index (χ1v) is 11.0. The minimum absolute atomic E-state index is 0.0454. The second-order valence-electron chi connectivity index (χ2n) is 7.10. The Bertz CT molecular complexity index is 940. The molecule has 0 unspecified atom stereocenters. The second kappa shape index (κ2) is 9.19. The molecule has 2 amide bonds. The number of piperidine rings is 1. The number of benzene rings is 2. The van der Waals surface area contributed by atoms with Crippen molar-refractivity contribution in [2.75, 3.05) is 32.0 Å². The maximum absolute atomic E-state index is 12.7. The number of amides is 2. The highest BCUT2D eigenvalue weighted by Gasteiger charge is 2.33. The largest absolute Gasteiger partial charge is 0.336 e. The number of hydrogen-bond acceptors (Lipinski definition) is 4. The van der Waals surface area contributed by atoms with Crippen LogP contribution in [-0.2, 0) is 19.6 Å². The SMILES string of the molecule is CN(CC(=O)Nc1ccccc1)C(=O)C1CCN(S(=O)(=O)c2ccccc2)CC1. The Balaban J connectivity index is 1.52. The highest BCUT2D eigenvalue weighted by atomic mass is 32.2. The number of sulfonamides is 1. The van der Waals surface area contributed by atoms with E-state index in [4.69, 9.17) is 0 Å². The molecular weight excluding hydrogens is 390 g/mol. The molecule has 1 N–H and O–H groups in total. The summed E-state index contributed by atoms with van der Waals surface area (Å²) < 4.78 is 26.8. The molecule has 154 valence electrons. The molecule has 1 aliphatic heterocycles. The van der Waals surface area contributed by atoms with Gasteiger partial charge < -0.3 is 10.2 Å². The van der Waals surface area contributed by atoms with E-state index in [1.807, 2.05) is 18.2 Å². The van der Waals surface area contributed by atoms with Crippen LogP contribution in [0.1, 0.15) is 12.8 Å². The molecule has 0 saturated carbocycles. The van der Waals surface area contributed by atoms with Gasteiger partial charge in [-0.05, 0) is 37.1 Å². The standard InChI is InChI=1S/C21H25N3O4S/c1-23(16-20(25)22-18-8-4-2-5-9-18)21(26)17-12-14-24(15-13-17)29(27,28)19-10-6-3-7-11-19/h2-11,17H,12-16H2,1H3,(H,22,25). The Hall–Kier alpha value is -2.71. The second-order valence-corrected chi connectivity index (χ2v) is 9.04. The molecule has 0 bridgehead atoms. The lowest BCUT2D eigenvalue weighted by Crippen LogP contribution is -2.44. The zero-order chi connectivity index (χ0) is 20.9. The summed E-state index contributed by atoms with van der Waals surface area (Å²) in [7, 11) is -1.94. The fourth-order valence-electron chi connectivity index (χ4n) is 3.41. The van der Waals surface area contributed by atoms with E-state index in [0.717, 1.165) is 0 Å². The molecule has 0 spiro atoms. The number of carbonyl (C=O) groups excluding carboxylic acids is 2. The van der Waals surface area contributed by atoms with Crippen molar-refractivity contribution in [3.63, 3.8) is 0 Å². The molecule has 0 aromatic heterocycles. The van der Waals surface area contributed by atoms with Crippen LogP contribution >= 0.6 is 0 Å². The van der Waals surface area contributed by atoms with Crippen LogP contribution in [0.4, 0.5) is 5.69 Å². The molecule has 1 aliphatic rings. The minimum atomic E-state index is -3.54. The molecule has 1 fully saturated rings. The van der Waals surface area contributed by atoms with Crippen molar-refractivity contribution in [1.82, 2.24) is 9.21 Å². The summed E-state index contributed by atoms with van der Waals surface area (Å²) in [6.45, 7) is 0.533. The summed E-state index contributed by atoms with van der Waals surface area (Å²) >= 11 is 0. The van der Waals surface area contributed by atoms with E-state index in [1.165, 1.54) is 9.21 Å². The average Bonchev–Trinajstić information content (AvgIpc) is 2.74. The van der Waals surface area contributed by atoms with Crippen molar-refractivity contribution in [3.8, 4) is 0 Å². The number of rotatable bonds is 6. The summed E-state index contributed by atoms with van der Waals surface area (Å²) in [5.74, 6) is -0.687. The van der Waals surface area contributed by atoms with Gasteiger partial charge in [-0.1, -0.05) is 36.4 Å². The van der Waals surface area contributed by atoms with E-state index in [0.29, 0.717) is 18.5 Å². The average molecular weight is 416 g/mol. The van der Waals surface area contributed by atoms with Gasteiger partial charge in [0, 0.05) is 31.7 Å². The zero-order valence-electron chi connectivity index (χ0n) is 16.3. The number of anilines is 1. The van der Waals surface area contributed by atoms with Gasteiger partial charge in [0.2, 0.25) is 21.8 Å². The zero-order valence-corrected chi connectivity index (χ0v) is 17.1. The van der Waals surface area contributed by atoms with Crippen LogP contribution < -0.4 is 5.32 Å². The molecule has 2 aromatic carbocycles. The Kier molecular flexibility index (Phi) is 6.66. The molecule has 8 heteroatoms. The molecule has 0 radical (unpaired) electrons. The molecular formula is C21H25N3O4S. The minimum Gasteiger partial charge on any atom is -0.336 e. The predicted molar refractivity (Wildman–Crippen MR) is 111 cm³/mol. The molecule has 1 saturated heterocycles. The number of nitrogens with one attached hydrogen (secondary N) is 1. The maximum atomic E-state index is 12.7. The summed E-state index contributed by atoms with van der Waals surface area (Å²) in [5, 5.41) is 2.76. The van der Waals surface area contributed by atoms with Crippen molar-refractivity contribution in [2.24, 2.45) is 5.92 Å². The Morgan fingerprint density at radius 2 is 1.55 bits per heavy atom. The number of hydrogen-bond donors (Lipinski definition) is 1. The summed E-state index contributed by atoms with van der Waals surface area (Å²) in [6, 6.07) is 17.4. The van der Waals surface area contributed by atoms with Crippen LogP contribution in [-0.4, -0.2) is 56.1 Å². The number of carbonyl (C=O) groups is 2. The summed E-state index contributed by atoms with van der Waals surface area (Å²) in [5.41, 5.74) is 0.678. The van der Waals surface area contributed by atoms with Crippen LogP contribution in [0.25, 0.3) is 0 Å². The smallest absolute Gasteiger partial charge is 0.243 e. The van der Waals surface area contributed by atoms with Gasteiger partial charge >= 0.3 is 0 Å². The third-order valence-corrected chi connectivity index (χ3v) is 6.91. The van der Waals surface area contributed by atoms with Gasteiger partial charge in [0.05, 0.1) is 11.4 Å². The number of likely N-dealkylation sites (N-methyl/N-ethyl adjacent to an activating group) is 1. The van der Waals surface area contributed by atoms with Crippen LogP contribution in [0.2, 0.25) is 0 Å². The third kappa shape index (κ3) is 5.21. The van der Waals surface area contributed by atoms with Crippen molar-refractivity contribution in [3.05, 3.63) is 60.7 Å². The Labute approximate surface area is 171 Å². The van der Waals surface area contributed by atoms with E-state index in [-0.39, 0.29) is 42.3 Å². The molecule has 1 heterocycles. The van der Waals surface area contributed by atoms with Crippen LogP contribution in [0.3, 0.4) is 0 Å². The third-order valence-electron chi connectivity index (χ3n) is 5.00. The topological polar surface area (TPSA) is 86.8 Å². The quantitative estimate of drug-likeness (QED) is 0.784. The predicted octanol–water partition coefficient (Wildman–Crippen LogP) is 2.18. The lowest BCUT2D eigenvalue weighted by molar-refractivity contribution is -0.138. The highest BCUT2D eigenvalue weighted by Crippen LogP contribution is 2.24. The normalized spacial score (nSPS) is 15.6. The van der Waals surface area contributed by atoms with Gasteiger partial charge in [-0.3, -0.25) is 9.59 Å². The monoisotopic (exact) mass is 415 g/mol. The van der Waals surface area contributed by atoms with E-state index in [1.54, 1.807) is 49.5 Å². The summed E-state index contributed by atoms with van der Waals surface area (Å²) in [6.07, 6.45) is 0.880. The van der Waals surface area contributed by atoms with Crippen LogP contribution in [0, 0.1) is 5.92 Å². The van der Waals surface area contributed by atoms with Crippen molar-refractivity contribution < 1.29 is 18.0 Å². The first kappa shape index (κ1) is 21.0.